The highest BCUT2D eigenvalue weighted by Crippen LogP contribution is 2.22. The van der Waals surface area contributed by atoms with Crippen molar-refractivity contribution < 1.29 is 4.79 Å². The minimum absolute atomic E-state index is 0.00322. The second kappa shape index (κ2) is 6.42. The molecule has 0 atom stereocenters. The van der Waals surface area contributed by atoms with Gasteiger partial charge in [0.25, 0.3) is 0 Å². The number of nitrogens with zero attached hydrogens (tertiary/aromatic N) is 4. The van der Waals surface area contributed by atoms with E-state index in [1.165, 1.54) is 22.5 Å². The quantitative estimate of drug-likeness (QED) is 0.878. The van der Waals surface area contributed by atoms with Gasteiger partial charge in [-0.2, -0.15) is 5.10 Å². The Morgan fingerprint density at radius 2 is 2.37 bits per heavy atom. The number of amides is 1. The SMILES string of the molecule is CCc1nc(NC(=O)CCCn2cncn2)sc1C. The standard InChI is InChI=1S/C12H17N5OS/c1-3-10-9(2)19-12(15-10)16-11(18)5-4-6-17-8-13-7-14-17/h7-8H,3-6H2,1-2H3,(H,15,16,18). The van der Waals surface area contributed by atoms with Crippen molar-refractivity contribution in [3.8, 4) is 0 Å². The summed E-state index contributed by atoms with van der Waals surface area (Å²) in [6.45, 7) is 4.78. The third-order valence-electron chi connectivity index (χ3n) is 2.73. The van der Waals surface area contributed by atoms with Gasteiger partial charge in [-0.15, -0.1) is 11.3 Å². The first-order valence-corrected chi connectivity index (χ1v) is 7.09. The molecule has 0 aliphatic heterocycles. The molecule has 102 valence electrons. The van der Waals surface area contributed by atoms with Crippen molar-refractivity contribution in [3.63, 3.8) is 0 Å². The fourth-order valence-electron chi connectivity index (χ4n) is 1.74. The van der Waals surface area contributed by atoms with Crippen molar-refractivity contribution in [2.24, 2.45) is 0 Å². The molecule has 19 heavy (non-hydrogen) atoms. The molecule has 7 heteroatoms. The van der Waals surface area contributed by atoms with E-state index >= 15 is 0 Å². The van der Waals surface area contributed by atoms with E-state index in [0.29, 0.717) is 18.1 Å². The van der Waals surface area contributed by atoms with Crippen LogP contribution in [0, 0.1) is 6.92 Å². The lowest BCUT2D eigenvalue weighted by Crippen LogP contribution is -2.12. The van der Waals surface area contributed by atoms with Gasteiger partial charge in [0.2, 0.25) is 5.91 Å². The van der Waals surface area contributed by atoms with Crippen LogP contribution in [0.3, 0.4) is 0 Å². The van der Waals surface area contributed by atoms with Gasteiger partial charge < -0.3 is 5.32 Å². The highest BCUT2D eigenvalue weighted by Gasteiger charge is 2.09. The highest BCUT2D eigenvalue weighted by atomic mass is 32.1. The Morgan fingerprint density at radius 1 is 1.53 bits per heavy atom. The van der Waals surface area contributed by atoms with Gasteiger partial charge in [-0.25, -0.2) is 9.97 Å². The summed E-state index contributed by atoms with van der Waals surface area (Å²) in [6, 6.07) is 0. The van der Waals surface area contributed by atoms with Crippen LogP contribution in [0.5, 0.6) is 0 Å². The maximum absolute atomic E-state index is 11.8. The minimum atomic E-state index is -0.00322. The molecule has 6 nitrogen and oxygen atoms in total. The van der Waals surface area contributed by atoms with Crippen molar-refractivity contribution in [1.82, 2.24) is 19.7 Å². The molecule has 0 aromatic carbocycles. The van der Waals surface area contributed by atoms with E-state index in [1.807, 2.05) is 6.92 Å². The number of carbonyl (C=O) groups excluding carboxylic acids is 1. The van der Waals surface area contributed by atoms with E-state index in [4.69, 9.17) is 0 Å². The number of aryl methyl sites for hydroxylation is 3. The number of anilines is 1. The second-order valence-corrected chi connectivity index (χ2v) is 5.39. The Balaban J connectivity index is 1.77. The molecule has 1 amide bonds. The van der Waals surface area contributed by atoms with Gasteiger partial charge in [0.15, 0.2) is 5.13 Å². The molecule has 1 N–H and O–H groups in total. The van der Waals surface area contributed by atoms with Crippen molar-refractivity contribution in [3.05, 3.63) is 23.2 Å². The summed E-state index contributed by atoms with van der Waals surface area (Å²) in [5.41, 5.74) is 1.06. The number of nitrogens with one attached hydrogen (secondary N) is 1. The average Bonchev–Trinajstić information content (AvgIpc) is 2.99. The van der Waals surface area contributed by atoms with E-state index in [2.05, 4.69) is 27.3 Å². The molecule has 0 saturated carbocycles. The number of hydrogen-bond acceptors (Lipinski definition) is 5. The molecular formula is C12H17N5OS. The molecule has 0 aliphatic rings. The van der Waals surface area contributed by atoms with Crippen molar-refractivity contribution in [2.45, 2.75) is 39.7 Å². The van der Waals surface area contributed by atoms with E-state index in [0.717, 1.165) is 18.5 Å². The monoisotopic (exact) mass is 279 g/mol. The van der Waals surface area contributed by atoms with Crippen LogP contribution < -0.4 is 5.32 Å². The summed E-state index contributed by atoms with van der Waals surface area (Å²) in [7, 11) is 0. The van der Waals surface area contributed by atoms with Crippen molar-refractivity contribution in [2.75, 3.05) is 5.32 Å². The third-order valence-corrected chi connectivity index (χ3v) is 3.66. The van der Waals surface area contributed by atoms with Gasteiger partial charge in [0.1, 0.15) is 12.7 Å². The molecule has 0 radical (unpaired) electrons. The van der Waals surface area contributed by atoms with Crippen LogP contribution in [0.1, 0.15) is 30.3 Å². The number of aromatic nitrogens is 4. The van der Waals surface area contributed by atoms with Crippen LogP contribution in [-0.2, 0) is 17.8 Å². The van der Waals surface area contributed by atoms with Gasteiger partial charge in [0, 0.05) is 17.8 Å². The Hall–Kier alpha value is -1.76. The third kappa shape index (κ3) is 3.85. The Morgan fingerprint density at radius 3 is 3.00 bits per heavy atom. The molecule has 0 bridgehead atoms. The lowest BCUT2D eigenvalue weighted by Gasteiger charge is -2.01. The van der Waals surface area contributed by atoms with Crippen LogP contribution in [0.2, 0.25) is 0 Å². The summed E-state index contributed by atoms with van der Waals surface area (Å²) in [5, 5.41) is 7.52. The predicted molar refractivity (Wildman–Crippen MR) is 74.1 cm³/mol. The van der Waals surface area contributed by atoms with E-state index in [9.17, 15) is 4.79 Å². The zero-order chi connectivity index (χ0) is 13.7. The summed E-state index contributed by atoms with van der Waals surface area (Å²) >= 11 is 1.53. The zero-order valence-corrected chi connectivity index (χ0v) is 11.9. The first-order valence-electron chi connectivity index (χ1n) is 6.27. The largest absolute Gasteiger partial charge is 0.302 e. The first-order chi connectivity index (χ1) is 9.19. The predicted octanol–water partition coefficient (Wildman–Crippen LogP) is 2.02. The Kier molecular flexibility index (Phi) is 4.62. The van der Waals surface area contributed by atoms with Gasteiger partial charge in [-0.05, 0) is 19.8 Å². The lowest BCUT2D eigenvalue weighted by molar-refractivity contribution is -0.116. The van der Waals surface area contributed by atoms with E-state index < -0.39 is 0 Å². The van der Waals surface area contributed by atoms with Crippen LogP contribution in [0.25, 0.3) is 0 Å². The maximum Gasteiger partial charge on any atom is 0.226 e. The molecule has 2 aromatic rings. The summed E-state index contributed by atoms with van der Waals surface area (Å²) in [6.07, 6.45) is 5.23. The molecule has 2 aromatic heterocycles. The molecule has 2 rings (SSSR count). The van der Waals surface area contributed by atoms with Crippen LogP contribution in [0.15, 0.2) is 12.7 Å². The topological polar surface area (TPSA) is 72.7 Å². The van der Waals surface area contributed by atoms with Crippen LogP contribution in [0.4, 0.5) is 5.13 Å². The summed E-state index contributed by atoms with van der Waals surface area (Å²) in [4.78, 5) is 21.2. The molecule has 0 spiro atoms. The first kappa shape index (κ1) is 13.7. The van der Waals surface area contributed by atoms with E-state index in [1.54, 1.807) is 11.0 Å². The summed E-state index contributed by atoms with van der Waals surface area (Å²) in [5.74, 6) is -0.00322. The second-order valence-electron chi connectivity index (χ2n) is 4.19. The fraction of sp³-hybridized carbons (Fsp3) is 0.500. The van der Waals surface area contributed by atoms with Gasteiger partial charge in [0.05, 0.1) is 5.69 Å². The van der Waals surface area contributed by atoms with Gasteiger partial charge in [-0.3, -0.25) is 9.48 Å². The molecule has 0 unspecified atom stereocenters. The normalized spacial score (nSPS) is 10.6. The van der Waals surface area contributed by atoms with Gasteiger partial charge in [-0.1, -0.05) is 6.92 Å². The smallest absolute Gasteiger partial charge is 0.226 e. The molecule has 2 heterocycles. The molecular weight excluding hydrogens is 262 g/mol. The van der Waals surface area contributed by atoms with Crippen molar-refractivity contribution >= 4 is 22.4 Å². The molecule has 0 aliphatic carbocycles. The number of rotatable bonds is 6. The maximum atomic E-state index is 11.8. The van der Waals surface area contributed by atoms with Crippen molar-refractivity contribution in [1.29, 1.82) is 0 Å². The minimum Gasteiger partial charge on any atom is -0.302 e. The van der Waals surface area contributed by atoms with Gasteiger partial charge >= 0.3 is 0 Å². The number of hydrogen-bond donors (Lipinski definition) is 1. The van der Waals surface area contributed by atoms with E-state index in [-0.39, 0.29) is 5.91 Å². The lowest BCUT2D eigenvalue weighted by atomic mass is 10.3. The highest BCUT2D eigenvalue weighted by molar-refractivity contribution is 7.15. The Bertz CT molecular complexity index is 534. The Labute approximate surface area is 115 Å². The average molecular weight is 279 g/mol. The molecule has 0 fully saturated rings. The van der Waals surface area contributed by atoms with Crippen LogP contribution >= 0.6 is 11.3 Å². The molecule has 0 saturated heterocycles. The number of carbonyl (C=O) groups is 1. The van der Waals surface area contributed by atoms with Crippen LogP contribution in [-0.4, -0.2) is 25.7 Å². The fourth-order valence-corrected chi connectivity index (χ4v) is 2.66. The zero-order valence-electron chi connectivity index (χ0n) is 11.1. The number of thiazole rings is 1. The summed E-state index contributed by atoms with van der Waals surface area (Å²) < 4.78 is 1.72.